The molecule has 0 amide bonds. The second-order valence-corrected chi connectivity index (χ2v) is 9.11. The lowest BCUT2D eigenvalue weighted by atomic mass is 10.1. The first-order valence-electron chi connectivity index (χ1n) is 11.2. The fraction of sp³-hybridized carbons (Fsp3) is 0.280. The summed E-state index contributed by atoms with van der Waals surface area (Å²) in [5, 5.41) is 19.0. The van der Waals surface area contributed by atoms with Gasteiger partial charge in [0.1, 0.15) is 23.7 Å². The molecule has 3 aromatic heterocycles. The van der Waals surface area contributed by atoms with Gasteiger partial charge in [-0.25, -0.2) is 4.98 Å². The van der Waals surface area contributed by atoms with Crippen molar-refractivity contribution in [3.05, 3.63) is 58.0 Å². The maximum absolute atomic E-state index is 9.77. The predicted octanol–water partition coefficient (Wildman–Crippen LogP) is 5.95. The van der Waals surface area contributed by atoms with E-state index in [1.165, 1.54) is 12.4 Å². The topological polar surface area (TPSA) is 100.0 Å². The molecule has 1 aliphatic rings. The number of methoxy groups -OCH3 is 1. The highest BCUT2D eigenvalue weighted by atomic mass is 35.5. The van der Waals surface area contributed by atoms with Crippen molar-refractivity contribution < 1.29 is 9.47 Å². The highest BCUT2D eigenvalue weighted by Gasteiger charge is 2.22. The molecule has 1 N–H and O–H groups in total. The molecule has 1 aliphatic heterocycles. The molecule has 1 fully saturated rings. The normalized spacial score (nSPS) is 14.2. The lowest BCUT2D eigenvalue weighted by Gasteiger charge is -2.19. The van der Waals surface area contributed by atoms with Gasteiger partial charge in [-0.1, -0.05) is 23.2 Å². The summed E-state index contributed by atoms with van der Waals surface area (Å²) in [6, 6.07) is 7.80. The lowest BCUT2D eigenvalue weighted by molar-refractivity contribution is 0.216. The smallest absolute Gasteiger partial charge is 0.162 e. The molecule has 8 nitrogen and oxygen atoms in total. The van der Waals surface area contributed by atoms with Crippen LogP contribution in [0.2, 0.25) is 10.0 Å². The second-order valence-electron chi connectivity index (χ2n) is 8.30. The molecular formula is C25H22Cl2N6O2. The van der Waals surface area contributed by atoms with E-state index in [9.17, 15) is 5.26 Å². The van der Waals surface area contributed by atoms with Crippen molar-refractivity contribution in [1.82, 2.24) is 20.2 Å². The maximum Gasteiger partial charge on any atom is 0.162 e. The van der Waals surface area contributed by atoms with Crippen molar-refractivity contribution >= 4 is 39.9 Å². The molecule has 0 saturated carbocycles. The molecule has 5 rings (SSSR count). The Labute approximate surface area is 212 Å². The van der Waals surface area contributed by atoms with Gasteiger partial charge >= 0.3 is 0 Å². The number of rotatable bonds is 6. The number of aromatic amines is 1. The number of nitrogens with zero attached hydrogens (tertiary/aromatic N) is 5. The minimum absolute atomic E-state index is 0.419. The van der Waals surface area contributed by atoms with E-state index in [2.05, 4.69) is 31.1 Å². The van der Waals surface area contributed by atoms with Crippen LogP contribution in [0.25, 0.3) is 22.2 Å². The third-order valence-corrected chi connectivity index (χ3v) is 6.72. The quantitative estimate of drug-likeness (QED) is 0.343. The molecule has 1 aromatic carbocycles. The molecule has 4 heterocycles. The number of hydrogen-bond acceptors (Lipinski definition) is 7. The Hall–Kier alpha value is -3.54. The van der Waals surface area contributed by atoms with Crippen LogP contribution in [-0.4, -0.2) is 40.4 Å². The Morgan fingerprint density at radius 2 is 1.83 bits per heavy atom. The number of aromatic nitrogens is 4. The van der Waals surface area contributed by atoms with Crippen LogP contribution >= 0.6 is 23.2 Å². The fourth-order valence-electron chi connectivity index (χ4n) is 4.41. The Morgan fingerprint density at radius 1 is 1.09 bits per heavy atom. The van der Waals surface area contributed by atoms with Gasteiger partial charge in [-0.3, -0.25) is 10.1 Å². The van der Waals surface area contributed by atoms with Crippen LogP contribution in [-0.2, 0) is 0 Å². The van der Waals surface area contributed by atoms with Gasteiger partial charge in [0.2, 0.25) is 0 Å². The van der Waals surface area contributed by atoms with Gasteiger partial charge in [0.15, 0.2) is 11.5 Å². The zero-order valence-electron chi connectivity index (χ0n) is 19.2. The highest BCUT2D eigenvalue weighted by Crippen LogP contribution is 2.40. The molecule has 1 atom stereocenters. The molecule has 4 aromatic rings. The predicted molar refractivity (Wildman–Crippen MR) is 135 cm³/mol. The number of nitrogens with one attached hydrogen (secondary N) is 1. The minimum Gasteiger partial charge on any atom is -0.493 e. The Kier molecular flexibility index (Phi) is 6.37. The van der Waals surface area contributed by atoms with Gasteiger partial charge in [0.25, 0.3) is 0 Å². The number of halogens is 2. The van der Waals surface area contributed by atoms with E-state index in [0.29, 0.717) is 38.4 Å². The van der Waals surface area contributed by atoms with Crippen LogP contribution in [0.5, 0.6) is 11.5 Å². The highest BCUT2D eigenvalue weighted by molar-refractivity contribution is 6.35. The van der Waals surface area contributed by atoms with Gasteiger partial charge in [-0.15, -0.1) is 0 Å². The largest absolute Gasteiger partial charge is 0.493 e. The van der Waals surface area contributed by atoms with Crippen LogP contribution in [0.4, 0.5) is 5.82 Å². The Bertz CT molecular complexity index is 1420. The average molecular weight is 509 g/mol. The van der Waals surface area contributed by atoms with Gasteiger partial charge < -0.3 is 14.4 Å². The summed E-state index contributed by atoms with van der Waals surface area (Å²) in [5.41, 5.74) is 3.33. The standard InChI is InChI=1S/C25H22Cl2N6O2/c1-14(23-18(26)12-29-13-19(23)27)35-22-8-17-20(9-21(22)34-2)31-32-24(17)16-7-15(10-28)25(30-11-16)33-5-3-4-6-33/h7-9,11-14H,3-6H2,1-2H3,(H,31,32)/t14-/m1/s1. The molecule has 0 aliphatic carbocycles. The number of anilines is 1. The first-order chi connectivity index (χ1) is 17.0. The summed E-state index contributed by atoms with van der Waals surface area (Å²) in [5.74, 6) is 1.75. The Balaban J connectivity index is 1.54. The van der Waals surface area contributed by atoms with E-state index in [1.807, 2.05) is 25.1 Å². The number of fused-ring (bicyclic) bond motifs is 1. The molecule has 0 spiro atoms. The average Bonchev–Trinajstić information content (AvgIpc) is 3.53. The van der Waals surface area contributed by atoms with Gasteiger partial charge in [-0.2, -0.15) is 10.4 Å². The molecular weight excluding hydrogens is 487 g/mol. The molecule has 0 radical (unpaired) electrons. The van der Waals surface area contributed by atoms with E-state index in [0.717, 1.165) is 48.2 Å². The first-order valence-corrected chi connectivity index (χ1v) is 11.9. The number of pyridine rings is 2. The summed E-state index contributed by atoms with van der Waals surface area (Å²) in [4.78, 5) is 10.8. The maximum atomic E-state index is 9.77. The van der Waals surface area contributed by atoms with Crippen molar-refractivity contribution in [1.29, 1.82) is 5.26 Å². The van der Waals surface area contributed by atoms with Crippen LogP contribution in [0.1, 0.15) is 37.0 Å². The van der Waals surface area contributed by atoms with Gasteiger partial charge in [-0.05, 0) is 31.9 Å². The van der Waals surface area contributed by atoms with Crippen LogP contribution in [0.3, 0.4) is 0 Å². The van der Waals surface area contributed by atoms with E-state index < -0.39 is 6.10 Å². The summed E-state index contributed by atoms with van der Waals surface area (Å²) in [7, 11) is 1.57. The molecule has 0 bridgehead atoms. The number of nitriles is 1. The molecule has 10 heteroatoms. The summed E-state index contributed by atoms with van der Waals surface area (Å²) in [6.07, 6.45) is 6.57. The van der Waals surface area contributed by atoms with Crippen molar-refractivity contribution in [2.45, 2.75) is 25.9 Å². The zero-order chi connectivity index (χ0) is 24.5. The monoisotopic (exact) mass is 508 g/mol. The summed E-state index contributed by atoms with van der Waals surface area (Å²) in [6.45, 7) is 3.68. The van der Waals surface area contributed by atoms with E-state index in [-0.39, 0.29) is 0 Å². The number of benzene rings is 1. The van der Waals surface area contributed by atoms with Crippen molar-refractivity contribution in [3.8, 4) is 28.8 Å². The summed E-state index contributed by atoms with van der Waals surface area (Å²) >= 11 is 12.7. The van der Waals surface area contributed by atoms with Crippen LogP contribution in [0.15, 0.2) is 36.8 Å². The molecule has 178 valence electrons. The number of hydrogen-bond donors (Lipinski definition) is 1. The first kappa shape index (κ1) is 23.2. The Morgan fingerprint density at radius 3 is 2.51 bits per heavy atom. The summed E-state index contributed by atoms with van der Waals surface area (Å²) < 4.78 is 11.8. The zero-order valence-corrected chi connectivity index (χ0v) is 20.7. The van der Waals surface area contributed by atoms with E-state index in [1.54, 1.807) is 13.3 Å². The van der Waals surface area contributed by atoms with Gasteiger partial charge in [0.05, 0.1) is 28.2 Å². The van der Waals surface area contributed by atoms with Crippen molar-refractivity contribution in [3.63, 3.8) is 0 Å². The van der Waals surface area contributed by atoms with Gasteiger partial charge in [0, 0.05) is 54.3 Å². The SMILES string of the molecule is COc1cc2[nH]nc(-c3cnc(N4CCCC4)c(C#N)c3)c2cc1O[C@H](C)c1c(Cl)cncc1Cl. The van der Waals surface area contributed by atoms with E-state index >= 15 is 0 Å². The fourth-order valence-corrected chi connectivity index (χ4v) is 5.08. The van der Waals surface area contributed by atoms with Crippen molar-refractivity contribution in [2.75, 3.05) is 25.1 Å². The second kappa shape index (κ2) is 9.61. The number of ether oxygens (including phenoxy) is 2. The van der Waals surface area contributed by atoms with Crippen molar-refractivity contribution in [2.24, 2.45) is 0 Å². The van der Waals surface area contributed by atoms with Crippen LogP contribution in [0, 0.1) is 11.3 Å². The molecule has 35 heavy (non-hydrogen) atoms. The third-order valence-electron chi connectivity index (χ3n) is 6.11. The molecule has 0 unspecified atom stereocenters. The van der Waals surface area contributed by atoms with Crippen LogP contribution < -0.4 is 14.4 Å². The third kappa shape index (κ3) is 4.33. The molecule has 1 saturated heterocycles. The minimum atomic E-state index is -0.466. The number of H-pyrrole nitrogens is 1. The lowest BCUT2D eigenvalue weighted by Crippen LogP contribution is -2.20. The van der Waals surface area contributed by atoms with E-state index in [4.69, 9.17) is 32.7 Å².